The first-order valence-electron chi connectivity index (χ1n) is 4.07. The average Bonchev–Trinajstić information content (AvgIpc) is 2.37. The molecule has 0 spiro atoms. The van der Waals surface area contributed by atoms with Gasteiger partial charge < -0.3 is 9.52 Å². The van der Waals surface area contributed by atoms with Crippen LogP contribution in [0.25, 0.3) is 6.08 Å². The summed E-state index contributed by atoms with van der Waals surface area (Å²) in [6.45, 7) is 3.76. The molecule has 2 heteroatoms. The molecule has 1 atom stereocenters. The van der Waals surface area contributed by atoms with Gasteiger partial charge in [0, 0.05) is 0 Å². The van der Waals surface area contributed by atoms with E-state index in [1.165, 1.54) is 0 Å². The number of hydrogen-bond acceptors (Lipinski definition) is 2. The van der Waals surface area contributed by atoms with Gasteiger partial charge in [0.25, 0.3) is 0 Å². The average molecular weight is 166 g/mol. The van der Waals surface area contributed by atoms with Gasteiger partial charge in [-0.2, -0.15) is 0 Å². The van der Waals surface area contributed by atoms with Crippen LogP contribution < -0.4 is 0 Å². The van der Waals surface area contributed by atoms with Crippen molar-refractivity contribution in [3.8, 4) is 0 Å². The molecule has 12 heavy (non-hydrogen) atoms. The van der Waals surface area contributed by atoms with Gasteiger partial charge in [0.2, 0.25) is 0 Å². The molecule has 0 aliphatic rings. The van der Waals surface area contributed by atoms with Gasteiger partial charge in [-0.05, 0) is 38.5 Å². The standard InChI is InChI=1S/C10H14O2/c1-8(6-9(2)11)7-10-4-3-5-12-10/h3-5,7,9,11H,6H2,1-2H3/b8-7+/t9-/m1/s1. The molecule has 0 unspecified atom stereocenters. The van der Waals surface area contributed by atoms with Crippen LogP contribution in [0.2, 0.25) is 0 Å². The molecule has 1 heterocycles. The van der Waals surface area contributed by atoms with E-state index >= 15 is 0 Å². The molecule has 0 bridgehead atoms. The lowest BCUT2D eigenvalue weighted by Gasteiger charge is -2.02. The molecule has 1 rings (SSSR count). The van der Waals surface area contributed by atoms with Crippen molar-refractivity contribution >= 4 is 6.08 Å². The zero-order chi connectivity index (χ0) is 8.97. The Labute approximate surface area is 72.5 Å². The summed E-state index contributed by atoms with van der Waals surface area (Å²) in [5.41, 5.74) is 1.12. The fourth-order valence-electron chi connectivity index (χ4n) is 1.14. The third-order valence-electron chi connectivity index (χ3n) is 1.55. The van der Waals surface area contributed by atoms with Crippen LogP contribution in [0.15, 0.2) is 28.4 Å². The number of furan rings is 1. The van der Waals surface area contributed by atoms with Crippen LogP contribution in [0.5, 0.6) is 0 Å². The number of aliphatic hydroxyl groups is 1. The number of aliphatic hydroxyl groups excluding tert-OH is 1. The van der Waals surface area contributed by atoms with Gasteiger partial charge in [-0.25, -0.2) is 0 Å². The molecule has 0 amide bonds. The lowest BCUT2D eigenvalue weighted by Crippen LogP contribution is -1.98. The van der Waals surface area contributed by atoms with Crippen LogP contribution in [0.4, 0.5) is 0 Å². The summed E-state index contributed by atoms with van der Waals surface area (Å²) in [5.74, 6) is 0.841. The maximum Gasteiger partial charge on any atom is 0.126 e. The Balaban J connectivity index is 2.57. The SMILES string of the molecule is C/C(=C\c1ccco1)C[C@@H](C)O. The van der Waals surface area contributed by atoms with Gasteiger partial charge in [0.05, 0.1) is 12.4 Å². The van der Waals surface area contributed by atoms with Gasteiger partial charge in [0.15, 0.2) is 0 Å². The molecule has 0 radical (unpaired) electrons. The zero-order valence-corrected chi connectivity index (χ0v) is 7.45. The molecule has 0 saturated heterocycles. The van der Waals surface area contributed by atoms with Crippen LogP contribution in [0, 0.1) is 0 Å². The van der Waals surface area contributed by atoms with Crippen LogP contribution in [-0.2, 0) is 0 Å². The summed E-state index contributed by atoms with van der Waals surface area (Å²) in [6, 6.07) is 3.74. The lowest BCUT2D eigenvalue weighted by atomic mass is 10.1. The molecule has 0 aromatic carbocycles. The Kier molecular flexibility index (Phi) is 3.11. The first-order chi connectivity index (χ1) is 5.68. The maximum absolute atomic E-state index is 9.08. The van der Waals surface area contributed by atoms with Crippen LogP contribution in [0.3, 0.4) is 0 Å². The first kappa shape index (κ1) is 9.07. The summed E-state index contributed by atoms with van der Waals surface area (Å²) in [7, 11) is 0. The van der Waals surface area contributed by atoms with Gasteiger partial charge >= 0.3 is 0 Å². The van der Waals surface area contributed by atoms with Gasteiger partial charge in [-0.3, -0.25) is 0 Å². The summed E-state index contributed by atoms with van der Waals surface area (Å²) in [5, 5.41) is 9.08. The van der Waals surface area contributed by atoms with Crippen molar-refractivity contribution in [2.75, 3.05) is 0 Å². The Morgan fingerprint density at radius 2 is 2.50 bits per heavy atom. The second-order valence-corrected chi connectivity index (χ2v) is 3.06. The first-order valence-corrected chi connectivity index (χ1v) is 4.07. The van der Waals surface area contributed by atoms with E-state index in [0.29, 0.717) is 6.42 Å². The van der Waals surface area contributed by atoms with Crippen LogP contribution in [-0.4, -0.2) is 11.2 Å². The minimum atomic E-state index is -0.281. The minimum Gasteiger partial charge on any atom is -0.465 e. The fraction of sp³-hybridized carbons (Fsp3) is 0.400. The van der Waals surface area contributed by atoms with Crippen molar-refractivity contribution in [2.24, 2.45) is 0 Å². The predicted molar refractivity (Wildman–Crippen MR) is 48.7 cm³/mol. The van der Waals surface area contributed by atoms with Crippen LogP contribution in [0.1, 0.15) is 26.0 Å². The third kappa shape index (κ3) is 2.93. The highest BCUT2D eigenvalue weighted by atomic mass is 16.3. The summed E-state index contributed by atoms with van der Waals surface area (Å²) >= 11 is 0. The zero-order valence-electron chi connectivity index (χ0n) is 7.45. The van der Waals surface area contributed by atoms with Crippen molar-refractivity contribution < 1.29 is 9.52 Å². The Bertz CT molecular complexity index is 245. The fourth-order valence-corrected chi connectivity index (χ4v) is 1.14. The number of rotatable bonds is 3. The molecule has 2 nitrogen and oxygen atoms in total. The topological polar surface area (TPSA) is 33.4 Å². The molecular formula is C10H14O2. The second kappa shape index (κ2) is 4.12. The van der Waals surface area contributed by atoms with Crippen molar-refractivity contribution in [1.29, 1.82) is 0 Å². The molecule has 66 valence electrons. The van der Waals surface area contributed by atoms with Gasteiger partial charge in [-0.1, -0.05) is 5.57 Å². The van der Waals surface area contributed by atoms with Crippen LogP contribution >= 0.6 is 0 Å². The highest BCUT2D eigenvalue weighted by Gasteiger charge is 1.98. The molecule has 0 saturated carbocycles. The summed E-state index contributed by atoms with van der Waals surface area (Å²) < 4.78 is 5.13. The van der Waals surface area contributed by atoms with E-state index in [1.54, 1.807) is 13.2 Å². The highest BCUT2D eigenvalue weighted by Crippen LogP contribution is 2.11. The monoisotopic (exact) mass is 166 g/mol. The molecule has 1 aromatic heterocycles. The number of hydrogen-bond donors (Lipinski definition) is 1. The third-order valence-corrected chi connectivity index (χ3v) is 1.55. The van der Waals surface area contributed by atoms with Gasteiger partial charge in [0.1, 0.15) is 5.76 Å². The quantitative estimate of drug-likeness (QED) is 0.748. The Hall–Kier alpha value is -1.02. The van der Waals surface area contributed by atoms with Crippen molar-refractivity contribution in [3.05, 3.63) is 29.7 Å². The lowest BCUT2D eigenvalue weighted by molar-refractivity contribution is 0.195. The minimum absolute atomic E-state index is 0.281. The Morgan fingerprint density at radius 3 is 3.00 bits per heavy atom. The highest BCUT2D eigenvalue weighted by molar-refractivity contribution is 5.46. The van der Waals surface area contributed by atoms with E-state index in [9.17, 15) is 0 Å². The molecule has 1 N–H and O–H groups in total. The van der Waals surface area contributed by atoms with E-state index < -0.39 is 0 Å². The summed E-state index contributed by atoms with van der Waals surface area (Å²) in [4.78, 5) is 0. The normalized spacial score (nSPS) is 14.8. The summed E-state index contributed by atoms with van der Waals surface area (Å²) in [6.07, 6.45) is 3.99. The van der Waals surface area contributed by atoms with E-state index in [2.05, 4.69) is 0 Å². The van der Waals surface area contributed by atoms with E-state index in [1.807, 2.05) is 25.1 Å². The smallest absolute Gasteiger partial charge is 0.126 e. The van der Waals surface area contributed by atoms with E-state index in [0.717, 1.165) is 11.3 Å². The van der Waals surface area contributed by atoms with Crippen molar-refractivity contribution in [1.82, 2.24) is 0 Å². The van der Waals surface area contributed by atoms with Crippen molar-refractivity contribution in [2.45, 2.75) is 26.4 Å². The second-order valence-electron chi connectivity index (χ2n) is 3.06. The molecule has 0 aliphatic carbocycles. The maximum atomic E-state index is 9.08. The molecule has 0 aliphatic heterocycles. The molecular weight excluding hydrogens is 152 g/mol. The predicted octanol–water partition coefficient (Wildman–Crippen LogP) is 2.45. The van der Waals surface area contributed by atoms with E-state index in [-0.39, 0.29) is 6.10 Å². The molecule has 0 fully saturated rings. The largest absolute Gasteiger partial charge is 0.465 e. The molecule has 1 aromatic rings. The van der Waals surface area contributed by atoms with E-state index in [4.69, 9.17) is 9.52 Å². The van der Waals surface area contributed by atoms with Crippen molar-refractivity contribution in [3.63, 3.8) is 0 Å². The van der Waals surface area contributed by atoms with Gasteiger partial charge in [-0.15, -0.1) is 0 Å². The Morgan fingerprint density at radius 1 is 1.75 bits per heavy atom.